The molecule has 94 valence electrons. The molecule has 0 atom stereocenters. The lowest BCUT2D eigenvalue weighted by molar-refractivity contribution is -0.274. The Hall–Kier alpha value is -1.92. The molecule has 0 bridgehead atoms. The van der Waals surface area contributed by atoms with Gasteiger partial charge in [0, 0.05) is 6.07 Å². The molecule has 0 aliphatic heterocycles. The van der Waals surface area contributed by atoms with Crippen molar-refractivity contribution in [1.29, 1.82) is 0 Å². The van der Waals surface area contributed by atoms with E-state index in [1.54, 1.807) is 0 Å². The van der Waals surface area contributed by atoms with Crippen LogP contribution in [0.2, 0.25) is 0 Å². The first-order valence-corrected chi connectivity index (χ1v) is 4.39. The molecule has 1 aromatic rings. The van der Waals surface area contributed by atoms with E-state index in [9.17, 15) is 18.0 Å². The van der Waals surface area contributed by atoms with Crippen molar-refractivity contribution in [1.82, 2.24) is 0 Å². The normalized spacial score (nSPS) is 10.9. The summed E-state index contributed by atoms with van der Waals surface area (Å²) in [5, 5.41) is 0. The van der Waals surface area contributed by atoms with Gasteiger partial charge in [0.1, 0.15) is 17.1 Å². The van der Waals surface area contributed by atoms with Crippen LogP contribution in [-0.4, -0.2) is 26.6 Å². The van der Waals surface area contributed by atoms with Crippen molar-refractivity contribution in [3.8, 4) is 11.5 Å². The van der Waals surface area contributed by atoms with Crippen LogP contribution in [-0.2, 0) is 4.74 Å². The number of alkyl halides is 3. The highest BCUT2D eigenvalue weighted by Gasteiger charge is 2.31. The Labute approximate surface area is 94.9 Å². The summed E-state index contributed by atoms with van der Waals surface area (Å²) in [6.07, 6.45) is -4.79. The van der Waals surface area contributed by atoms with E-state index in [1.807, 2.05) is 0 Å². The quantitative estimate of drug-likeness (QED) is 0.772. The number of esters is 1. The molecule has 0 spiro atoms. The van der Waals surface area contributed by atoms with Gasteiger partial charge >= 0.3 is 12.3 Å². The standard InChI is InChI=1S/C10H9F3O4/c1-15-8-5-6(17-10(11,12)13)3-4-7(8)9(14)16-2/h3-5H,1-2H3. The van der Waals surface area contributed by atoms with Gasteiger partial charge in [-0.1, -0.05) is 0 Å². The summed E-state index contributed by atoms with van der Waals surface area (Å²) in [5.74, 6) is -1.24. The molecule has 1 aromatic carbocycles. The van der Waals surface area contributed by atoms with Crippen molar-refractivity contribution in [2.24, 2.45) is 0 Å². The largest absolute Gasteiger partial charge is 0.573 e. The molecule has 4 nitrogen and oxygen atoms in total. The zero-order valence-electron chi connectivity index (χ0n) is 9.00. The van der Waals surface area contributed by atoms with Gasteiger partial charge in [-0.05, 0) is 12.1 Å². The first-order chi connectivity index (χ1) is 7.87. The fourth-order valence-electron chi connectivity index (χ4n) is 1.15. The maximum Gasteiger partial charge on any atom is 0.573 e. The third kappa shape index (κ3) is 3.54. The maximum atomic E-state index is 11.9. The van der Waals surface area contributed by atoms with Gasteiger partial charge in [0.05, 0.1) is 14.2 Å². The topological polar surface area (TPSA) is 44.8 Å². The van der Waals surface area contributed by atoms with E-state index < -0.39 is 18.1 Å². The predicted molar refractivity (Wildman–Crippen MR) is 51.0 cm³/mol. The van der Waals surface area contributed by atoms with Crippen molar-refractivity contribution < 1.29 is 32.2 Å². The summed E-state index contributed by atoms with van der Waals surface area (Å²) in [6.45, 7) is 0. The van der Waals surface area contributed by atoms with Crippen LogP contribution in [0.3, 0.4) is 0 Å². The Bertz CT molecular complexity index is 415. The third-order valence-electron chi connectivity index (χ3n) is 1.81. The lowest BCUT2D eigenvalue weighted by atomic mass is 10.2. The number of carbonyl (C=O) groups excluding carboxylic acids is 1. The molecule has 17 heavy (non-hydrogen) atoms. The van der Waals surface area contributed by atoms with Crippen molar-refractivity contribution >= 4 is 5.97 Å². The van der Waals surface area contributed by atoms with Gasteiger partial charge in [0.15, 0.2) is 0 Å². The molecule has 7 heteroatoms. The highest BCUT2D eigenvalue weighted by molar-refractivity contribution is 5.92. The molecule has 0 N–H and O–H groups in total. The van der Waals surface area contributed by atoms with Crippen molar-refractivity contribution in [3.63, 3.8) is 0 Å². The number of hydrogen-bond acceptors (Lipinski definition) is 4. The Balaban J connectivity index is 3.04. The Morgan fingerprint density at radius 3 is 2.35 bits per heavy atom. The molecule has 0 unspecified atom stereocenters. The summed E-state index contributed by atoms with van der Waals surface area (Å²) in [5.41, 5.74) is 0.0181. The third-order valence-corrected chi connectivity index (χ3v) is 1.81. The number of halogens is 3. The van der Waals surface area contributed by atoms with Gasteiger partial charge in [0.25, 0.3) is 0 Å². The lowest BCUT2D eigenvalue weighted by Crippen LogP contribution is -2.17. The highest BCUT2D eigenvalue weighted by Crippen LogP contribution is 2.29. The first kappa shape index (κ1) is 13.1. The van der Waals surface area contributed by atoms with Crippen LogP contribution < -0.4 is 9.47 Å². The van der Waals surface area contributed by atoms with Gasteiger partial charge in [-0.2, -0.15) is 0 Å². The number of ether oxygens (including phenoxy) is 3. The van der Waals surface area contributed by atoms with Gasteiger partial charge in [-0.25, -0.2) is 4.79 Å². The van der Waals surface area contributed by atoms with Crippen LogP contribution in [0.1, 0.15) is 10.4 Å². The van der Waals surface area contributed by atoms with Gasteiger partial charge in [-0.15, -0.1) is 13.2 Å². The summed E-state index contributed by atoms with van der Waals surface area (Å²) in [7, 11) is 2.38. The molecule has 0 fully saturated rings. The van der Waals surface area contributed by atoms with Crippen molar-refractivity contribution in [3.05, 3.63) is 23.8 Å². The molecular formula is C10H9F3O4. The van der Waals surface area contributed by atoms with Crippen molar-refractivity contribution in [2.45, 2.75) is 6.36 Å². The number of rotatable bonds is 3. The minimum atomic E-state index is -4.79. The number of hydrogen-bond donors (Lipinski definition) is 0. The average molecular weight is 250 g/mol. The predicted octanol–water partition coefficient (Wildman–Crippen LogP) is 2.38. The van der Waals surface area contributed by atoms with Crippen LogP contribution in [0.4, 0.5) is 13.2 Å². The van der Waals surface area contributed by atoms with E-state index in [4.69, 9.17) is 4.74 Å². The van der Waals surface area contributed by atoms with Crippen LogP contribution in [0.25, 0.3) is 0 Å². The minimum absolute atomic E-state index is 0.0181. The smallest absolute Gasteiger partial charge is 0.496 e. The van der Waals surface area contributed by atoms with E-state index in [1.165, 1.54) is 7.11 Å². The van der Waals surface area contributed by atoms with Crippen LogP contribution in [0.5, 0.6) is 11.5 Å². The second-order valence-corrected chi connectivity index (χ2v) is 2.90. The molecule has 0 radical (unpaired) electrons. The fourth-order valence-corrected chi connectivity index (χ4v) is 1.15. The molecule has 0 saturated heterocycles. The van der Waals surface area contributed by atoms with E-state index in [2.05, 4.69) is 9.47 Å². The fraction of sp³-hybridized carbons (Fsp3) is 0.300. The van der Waals surface area contributed by atoms with Gasteiger partial charge in [0.2, 0.25) is 0 Å². The van der Waals surface area contributed by atoms with Crippen LogP contribution >= 0.6 is 0 Å². The summed E-state index contributed by atoms with van der Waals surface area (Å²) in [6, 6.07) is 3.09. The Kier molecular flexibility index (Phi) is 3.82. The zero-order valence-corrected chi connectivity index (χ0v) is 9.00. The molecule has 0 aliphatic carbocycles. The van der Waals surface area contributed by atoms with Gasteiger partial charge in [-0.3, -0.25) is 0 Å². The van der Waals surface area contributed by atoms with Gasteiger partial charge < -0.3 is 14.2 Å². The zero-order chi connectivity index (χ0) is 13.1. The summed E-state index contributed by atoms with van der Waals surface area (Å²) >= 11 is 0. The Morgan fingerprint density at radius 1 is 1.24 bits per heavy atom. The van der Waals surface area contributed by atoms with Crippen LogP contribution in [0.15, 0.2) is 18.2 Å². The van der Waals surface area contributed by atoms with E-state index in [0.717, 1.165) is 25.3 Å². The number of carbonyl (C=O) groups is 1. The van der Waals surface area contributed by atoms with E-state index in [-0.39, 0.29) is 11.3 Å². The highest BCUT2D eigenvalue weighted by atomic mass is 19.4. The summed E-state index contributed by atoms with van der Waals surface area (Å²) in [4.78, 5) is 11.2. The van der Waals surface area contributed by atoms with E-state index >= 15 is 0 Å². The number of benzene rings is 1. The molecule has 0 aromatic heterocycles. The second-order valence-electron chi connectivity index (χ2n) is 2.90. The van der Waals surface area contributed by atoms with Crippen molar-refractivity contribution in [2.75, 3.05) is 14.2 Å². The lowest BCUT2D eigenvalue weighted by Gasteiger charge is -2.11. The molecule has 1 rings (SSSR count). The van der Waals surface area contributed by atoms with Crippen LogP contribution in [0, 0.1) is 0 Å². The molecule has 0 aliphatic rings. The first-order valence-electron chi connectivity index (χ1n) is 4.39. The SMILES string of the molecule is COC(=O)c1ccc(OC(F)(F)F)cc1OC. The molecule has 0 saturated carbocycles. The molecular weight excluding hydrogens is 241 g/mol. The monoisotopic (exact) mass is 250 g/mol. The Morgan fingerprint density at radius 2 is 1.88 bits per heavy atom. The minimum Gasteiger partial charge on any atom is -0.496 e. The maximum absolute atomic E-state index is 11.9. The second kappa shape index (κ2) is 4.94. The summed E-state index contributed by atoms with van der Waals surface area (Å²) < 4.78 is 48.7. The average Bonchev–Trinajstić information content (AvgIpc) is 2.25. The molecule has 0 heterocycles. The van der Waals surface area contributed by atoms with E-state index in [0.29, 0.717) is 0 Å². The molecule has 0 amide bonds. The number of methoxy groups -OCH3 is 2.